The van der Waals surface area contributed by atoms with Crippen molar-refractivity contribution in [2.45, 2.75) is 13.8 Å². The van der Waals surface area contributed by atoms with Crippen molar-refractivity contribution < 1.29 is 4.79 Å². The van der Waals surface area contributed by atoms with Crippen molar-refractivity contribution in [3.8, 4) is 5.69 Å². The van der Waals surface area contributed by atoms with Crippen molar-refractivity contribution in [3.63, 3.8) is 0 Å². The fraction of sp³-hybridized carbons (Fsp3) is 0.143. The van der Waals surface area contributed by atoms with Gasteiger partial charge in [0.15, 0.2) is 5.78 Å². The van der Waals surface area contributed by atoms with Crippen LogP contribution < -0.4 is 0 Å². The molecule has 0 spiro atoms. The number of allylic oxidation sites excluding steroid dienone is 1. The Bertz CT molecular complexity index is 536. The molecule has 86 valence electrons. The van der Waals surface area contributed by atoms with E-state index in [1.54, 1.807) is 19.4 Å². The van der Waals surface area contributed by atoms with E-state index in [2.05, 4.69) is 4.98 Å². The molecule has 2 rings (SSSR count). The molecule has 0 aliphatic carbocycles. The third-order valence-electron chi connectivity index (χ3n) is 2.63. The Balaban J connectivity index is 2.25. The van der Waals surface area contributed by atoms with Crippen LogP contribution in [0.15, 0.2) is 48.6 Å². The number of hydrogen-bond donors (Lipinski definition) is 0. The number of imidazole rings is 1. The van der Waals surface area contributed by atoms with E-state index in [9.17, 15) is 4.79 Å². The van der Waals surface area contributed by atoms with Gasteiger partial charge in [0, 0.05) is 18.1 Å². The summed E-state index contributed by atoms with van der Waals surface area (Å²) in [6, 6.07) is 7.98. The Labute approximate surface area is 100 Å². The Morgan fingerprint density at radius 2 is 1.94 bits per heavy atom. The van der Waals surface area contributed by atoms with E-state index in [1.807, 2.05) is 48.0 Å². The molecule has 0 aliphatic heterocycles. The summed E-state index contributed by atoms with van der Waals surface area (Å²) >= 11 is 0. The van der Waals surface area contributed by atoms with E-state index >= 15 is 0 Å². The molecular formula is C14H14N2O. The Kier molecular flexibility index (Phi) is 3.19. The first-order valence-electron chi connectivity index (χ1n) is 5.44. The van der Waals surface area contributed by atoms with Gasteiger partial charge in [0.25, 0.3) is 0 Å². The third-order valence-corrected chi connectivity index (χ3v) is 2.63. The molecule has 0 atom stereocenters. The van der Waals surface area contributed by atoms with Crippen molar-refractivity contribution in [1.29, 1.82) is 0 Å². The van der Waals surface area contributed by atoms with Gasteiger partial charge in [-0.05, 0) is 43.2 Å². The van der Waals surface area contributed by atoms with E-state index in [-0.39, 0.29) is 5.78 Å². The van der Waals surface area contributed by atoms with Crippen LogP contribution in [0.1, 0.15) is 19.4 Å². The third kappa shape index (κ3) is 2.69. The molecule has 1 heterocycles. The Hall–Kier alpha value is -2.16. The van der Waals surface area contributed by atoms with Crippen molar-refractivity contribution >= 4 is 11.9 Å². The molecule has 1 aromatic heterocycles. The molecule has 1 aromatic carbocycles. The van der Waals surface area contributed by atoms with Gasteiger partial charge in [0.2, 0.25) is 0 Å². The molecule has 0 unspecified atom stereocenters. The highest BCUT2D eigenvalue weighted by molar-refractivity contribution is 5.97. The normalized spacial score (nSPS) is 11.5. The second kappa shape index (κ2) is 4.78. The number of aromatic nitrogens is 2. The number of Topliss-reactive ketones (excluding diaryl/α,β-unsaturated/α-hetero) is 1. The van der Waals surface area contributed by atoms with E-state index in [0.717, 1.165) is 16.8 Å². The molecule has 0 saturated carbocycles. The number of benzene rings is 1. The van der Waals surface area contributed by atoms with Gasteiger partial charge in [-0.15, -0.1) is 0 Å². The average Bonchev–Trinajstić information content (AvgIpc) is 2.83. The van der Waals surface area contributed by atoms with Crippen LogP contribution in [0.25, 0.3) is 11.8 Å². The maximum absolute atomic E-state index is 11.1. The van der Waals surface area contributed by atoms with Gasteiger partial charge in [0.05, 0.1) is 6.33 Å². The van der Waals surface area contributed by atoms with E-state index in [0.29, 0.717) is 0 Å². The summed E-state index contributed by atoms with van der Waals surface area (Å²) in [6.07, 6.45) is 7.28. The van der Waals surface area contributed by atoms with Gasteiger partial charge in [0.1, 0.15) is 0 Å². The van der Waals surface area contributed by atoms with Crippen LogP contribution in [0.3, 0.4) is 0 Å². The second-order valence-corrected chi connectivity index (χ2v) is 3.95. The molecule has 3 heteroatoms. The number of hydrogen-bond acceptors (Lipinski definition) is 2. The molecule has 17 heavy (non-hydrogen) atoms. The van der Waals surface area contributed by atoms with Crippen LogP contribution in [-0.4, -0.2) is 15.3 Å². The van der Waals surface area contributed by atoms with E-state index in [4.69, 9.17) is 0 Å². The quantitative estimate of drug-likeness (QED) is 0.754. The molecule has 0 fully saturated rings. The fourth-order valence-corrected chi connectivity index (χ4v) is 1.51. The first-order chi connectivity index (χ1) is 8.16. The van der Waals surface area contributed by atoms with Gasteiger partial charge in [-0.1, -0.05) is 12.1 Å². The lowest BCUT2D eigenvalue weighted by Crippen LogP contribution is -1.92. The predicted molar refractivity (Wildman–Crippen MR) is 67.9 cm³/mol. The predicted octanol–water partition coefficient (Wildman–Crippen LogP) is 2.86. The average molecular weight is 226 g/mol. The molecule has 2 aromatic rings. The van der Waals surface area contributed by atoms with Gasteiger partial charge in [-0.2, -0.15) is 0 Å². The van der Waals surface area contributed by atoms with Crippen molar-refractivity contribution in [1.82, 2.24) is 9.55 Å². The van der Waals surface area contributed by atoms with Crippen LogP contribution in [0.5, 0.6) is 0 Å². The van der Waals surface area contributed by atoms with Crippen LogP contribution in [0.2, 0.25) is 0 Å². The van der Waals surface area contributed by atoms with Gasteiger partial charge >= 0.3 is 0 Å². The topological polar surface area (TPSA) is 34.9 Å². The zero-order valence-electron chi connectivity index (χ0n) is 9.92. The first-order valence-corrected chi connectivity index (χ1v) is 5.44. The van der Waals surface area contributed by atoms with Crippen LogP contribution in [0.4, 0.5) is 0 Å². The maximum atomic E-state index is 11.1. The highest BCUT2D eigenvalue weighted by atomic mass is 16.1. The van der Waals surface area contributed by atoms with Crippen molar-refractivity contribution in [3.05, 3.63) is 54.1 Å². The molecule has 0 N–H and O–H groups in total. The van der Waals surface area contributed by atoms with E-state index < -0.39 is 0 Å². The van der Waals surface area contributed by atoms with Crippen LogP contribution >= 0.6 is 0 Å². The SMILES string of the molecule is CC(=O)/C(C)=C/c1ccc(-n2ccnc2)cc1. The Morgan fingerprint density at radius 1 is 1.24 bits per heavy atom. The van der Waals surface area contributed by atoms with Crippen LogP contribution in [0, 0.1) is 0 Å². The summed E-state index contributed by atoms with van der Waals surface area (Å²) in [5.41, 5.74) is 2.85. The lowest BCUT2D eigenvalue weighted by molar-refractivity contribution is -0.113. The largest absolute Gasteiger partial charge is 0.306 e. The Morgan fingerprint density at radius 3 is 2.47 bits per heavy atom. The fourth-order valence-electron chi connectivity index (χ4n) is 1.51. The minimum atomic E-state index is 0.101. The van der Waals surface area contributed by atoms with Gasteiger partial charge in [-0.3, -0.25) is 4.79 Å². The summed E-state index contributed by atoms with van der Waals surface area (Å²) in [7, 11) is 0. The highest BCUT2D eigenvalue weighted by Gasteiger charge is 1.98. The summed E-state index contributed by atoms with van der Waals surface area (Å²) in [5, 5.41) is 0. The smallest absolute Gasteiger partial charge is 0.155 e. The lowest BCUT2D eigenvalue weighted by Gasteiger charge is -2.02. The van der Waals surface area contributed by atoms with E-state index in [1.165, 1.54) is 0 Å². The van der Waals surface area contributed by atoms with Gasteiger partial charge in [-0.25, -0.2) is 4.98 Å². The number of nitrogens with zero attached hydrogens (tertiary/aromatic N) is 2. The van der Waals surface area contributed by atoms with Gasteiger partial charge < -0.3 is 4.57 Å². The summed E-state index contributed by atoms with van der Waals surface area (Å²) in [4.78, 5) is 15.1. The lowest BCUT2D eigenvalue weighted by atomic mass is 10.1. The number of ketones is 1. The molecule has 0 amide bonds. The first kappa shape index (κ1) is 11.3. The van der Waals surface area contributed by atoms with Crippen LogP contribution in [-0.2, 0) is 4.79 Å². The minimum absolute atomic E-state index is 0.101. The highest BCUT2D eigenvalue weighted by Crippen LogP contribution is 2.12. The number of carbonyl (C=O) groups excluding carboxylic acids is 1. The molecule has 0 bridgehead atoms. The zero-order valence-corrected chi connectivity index (χ0v) is 9.92. The second-order valence-electron chi connectivity index (χ2n) is 3.95. The monoisotopic (exact) mass is 226 g/mol. The van der Waals surface area contributed by atoms with Crippen molar-refractivity contribution in [2.24, 2.45) is 0 Å². The molecule has 0 radical (unpaired) electrons. The molecular weight excluding hydrogens is 212 g/mol. The summed E-state index contributed by atoms with van der Waals surface area (Å²) in [5.74, 6) is 0.101. The summed E-state index contributed by atoms with van der Waals surface area (Å²) in [6.45, 7) is 3.40. The zero-order chi connectivity index (χ0) is 12.3. The number of carbonyl (C=O) groups is 1. The maximum Gasteiger partial charge on any atom is 0.155 e. The summed E-state index contributed by atoms with van der Waals surface area (Å²) < 4.78 is 1.94. The standard InChI is InChI=1S/C14H14N2O/c1-11(12(2)17)9-13-3-5-14(6-4-13)16-8-7-15-10-16/h3-10H,1-2H3/b11-9+. The number of rotatable bonds is 3. The molecule has 0 aliphatic rings. The molecule has 3 nitrogen and oxygen atoms in total. The van der Waals surface area contributed by atoms with Crippen molar-refractivity contribution in [2.75, 3.05) is 0 Å². The molecule has 0 saturated heterocycles. The minimum Gasteiger partial charge on any atom is -0.306 e.